The Hall–Kier alpha value is -1.33. The maximum Gasteiger partial charge on any atom is 0.248 e. The van der Waals surface area contributed by atoms with Crippen molar-refractivity contribution in [1.82, 2.24) is 0 Å². The van der Waals surface area contributed by atoms with Crippen LogP contribution in [0.5, 0.6) is 0 Å². The van der Waals surface area contributed by atoms with Crippen molar-refractivity contribution < 1.29 is 4.79 Å². The highest BCUT2D eigenvalue weighted by Crippen LogP contribution is 2.23. The number of carbonyl (C=O) groups is 1. The van der Waals surface area contributed by atoms with Gasteiger partial charge in [0.15, 0.2) is 0 Å². The molecule has 0 aliphatic heterocycles. The van der Waals surface area contributed by atoms with Crippen molar-refractivity contribution in [2.45, 2.75) is 13.5 Å². The third-order valence-electron chi connectivity index (χ3n) is 2.67. The molecule has 0 aliphatic carbocycles. The highest BCUT2D eigenvalue weighted by atomic mass is 79.9. The molecule has 0 radical (unpaired) electrons. The lowest BCUT2D eigenvalue weighted by Crippen LogP contribution is -2.11. The van der Waals surface area contributed by atoms with E-state index in [4.69, 9.17) is 5.73 Å². The standard InChI is InChI=1S/C13H13BrN2OS/c1-8-4-9(13(15)17)2-3-12(8)16-5-10-6-18-7-11(10)14/h2-4,6-7,16H,5H2,1H3,(H2,15,17). The average Bonchev–Trinajstić information content (AvgIpc) is 2.73. The van der Waals surface area contributed by atoms with Gasteiger partial charge in [-0.25, -0.2) is 0 Å². The van der Waals surface area contributed by atoms with Crippen LogP contribution in [0, 0.1) is 6.92 Å². The highest BCUT2D eigenvalue weighted by molar-refractivity contribution is 9.10. The SMILES string of the molecule is Cc1cc(C(N)=O)ccc1NCc1cscc1Br. The summed E-state index contributed by atoms with van der Waals surface area (Å²) in [6.45, 7) is 2.71. The molecule has 3 N–H and O–H groups in total. The summed E-state index contributed by atoms with van der Waals surface area (Å²) in [5, 5.41) is 7.50. The summed E-state index contributed by atoms with van der Waals surface area (Å²) in [6, 6.07) is 5.42. The van der Waals surface area contributed by atoms with Crippen molar-refractivity contribution >= 4 is 38.9 Å². The number of benzene rings is 1. The van der Waals surface area contributed by atoms with Crippen LogP contribution in [0.4, 0.5) is 5.69 Å². The van der Waals surface area contributed by atoms with Crippen LogP contribution >= 0.6 is 27.3 Å². The van der Waals surface area contributed by atoms with E-state index in [1.54, 1.807) is 23.5 Å². The fourth-order valence-electron chi connectivity index (χ4n) is 1.64. The quantitative estimate of drug-likeness (QED) is 0.903. The highest BCUT2D eigenvalue weighted by Gasteiger charge is 2.05. The minimum atomic E-state index is -0.398. The van der Waals surface area contributed by atoms with E-state index in [1.807, 2.05) is 13.0 Å². The lowest BCUT2D eigenvalue weighted by atomic mass is 10.1. The van der Waals surface area contributed by atoms with Crippen molar-refractivity contribution in [3.8, 4) is 0 Å². The van der Waals surface area contributed by atoms with E-state index < -0.39 is 5.91 Å². The Bertz CT molecular complexity index is 580. The first-order chi connectivity index (χ1) is 8.58. The second-order valence-corrected chi connectivity index (χ2v) is 5.59. The third-order valence-corrected chi connectivity index (χ3v) is 4.50. The second kappa shape index (κ2) is 5.54. The number of thiophene rings is 1. The predicted molar refractivity (Wildman–Crippen MR) is 79.0 cm³/mol. The summed E-state index contributed by atoms with van der Waals surface area (Å²) in [5.41, 5.74) is 9.02. The summed E-state index contributed by atoms with van der Waals surface area (Å²) in [6.07, 6.45) is 0. The van der Waals surface area contributed by atoms with Crippen molar-refractivity contribution in [1.29, 1.82) is 0 Å². The van der Waals surface area contributed by atoms with Crippen molar-refractivity contribution in [2.24, 2.45) is 5.73 Å². The Morgan fingerprint density at radius 3 is 2.78 bits per heavy atom. The van der Waals surface area contributed by atoms with Gasteiger partial charge in [-0.1, -0.05) is 0 Å². The van der Waals surface area contributed by atoms with Gasteiger partial charge in [-0.2, -0.15) is 11.3 Å². The van der Waals surface area contributed by atoms with Crippen LogP contribution in [0.3, 0.4) is 0 Å². The van der Waals surface area contributed by atoms with E-state index in [2.05, 4.69) is 32.0 Å². The van der Waals surface area contributed by atoms with Crippen molar-refractivity contribution in [2.75, 3.05) is 5.32 Å². The Morgan fingerprint density at radius 2 is 2.22 bits per heavy atom. The molecule has 3 nitrogen and oxygen atoms in total. The number of hydrogen-bond acceptors (Lipinski definition) is 3. The van der Waals surface area contributed by atoms with E-state index in [1.165, 1.54) is 5.56 Å². The molecule has 0 spiro atoms. The number of rotatable bonds is 4. The van der Waals surface area contributed by atoms with Gasteiger partial charge in [-0.05, 0) is 57.6 Å². The van der Waals surface area contributed by atoms with Crippen LogP contribution in [-0.4, -0.2) is 5.91 Å². The van der Waals surface area contributed by atoms with Crippen molar-refractivity contribution in [3.05, 3.63) is 50.1 Å². The van der Waals surface area contributed by atoms with Crippen LogP contribution in [0.2, 0.25) is 0 Å². The van der Waals surface area contributed by atoms with E-state index in [-0.39, 0.29) is 0 Å². The zero-order valence-electron chi connectivity index (χ0n) is 9.87. The minimum absolute atomic E-state index is 0.398. The van der Waals surface area contributed by atoms with Gasteiger partial charge in [0.1, 0.15) is 0 Å². The maximum atomic E-state index is 11.1. The molecule has 0 bridgehead atoms. The molecule has 0 saturated heterocycles. The summed E-state index contributed by atoms with van der Waals surface area (Å²) in [5.74, 6) is -0.398. The lowest BCUT2D eigenvalue weighted by Gasteiger charge is -2.10. The smallest absolute Gasteiger partial charge is 0.248 e. The second-order valence-electron chi connectivity index (χ2n) is 3.99. The number of primary amides is 1. The summed E-state index contributed by atoms with van der Waals surface area (Å²) in [4.78, 5) is 11.1. The molecule has 94 valence electrons. The zero-order valence-corrected chi connectivity index (χ0v) is 12.3. The number of anilines is 1. The molecule has 0 unspecified atom stereocenters. The molecule has 2 rings (SSSR count). The zero-order chi connectivity index (χ0) is 13.1. The first kappa shape index (κ1) is 13.1. The van der Waals surface area contributed by atoms with Crippen LogP contribution in [-0.2, 0) is 6.54 Å². The van der Waals surface area contributed by atoms with Crippen LogP contribution in [0.1, 0.15) is 21.5 Å². The number of aryl methyl sites for hydroxylation is 1. The third kappa shape index (κ3) is 2.91. The Morgan fingerprint density at radius 1 is 1.44 bits per heavy atom. The first-order valence-corrected chi connectivity index (χ1v) is 7.16. The normalized spacial score (nSPS) is 10.3. The molecule has 1 heterocycles. The maximum absolute atomic E-state index is 11.1. The molecule has 0 saturated carbocycles. The molecule has 1 amide bonds. The molecule has 2 aromatic rings. The van der Waals surface area contributed by atoms with Gasteiger partial charge >= 0.3 is 0 Å². The molecule has 0 atom stereocenters. The molecule has 0 aliphatic rings. The molecule has 1 aromatic heterocycles. The Balaban J connectivity index is 2.11. The lowest BCUT2D eigenvalue weighted by molar-refractivity contribution is 0.1000. The number of carbonyl (C=O) groups excluding carboxylic acids is 1. The largest absolute Gasteiger partial charge is 0.381 e. The van der Waals surface area contributed by atoms with Crippen LogP contribution in [0.25, 0.3) is 0 Å². The molecule has 1 aromatic carbocycles. The number of nitrogens with two attached hydrogens (primary N) is 1. The first-order valence-electron chi connectivity index (χ1n) is 5.43. The number of amides is 1. The van der Waals surface area contributed by atoms with Gasteiger partial charge in [0, 0.05) is 27.6 Å². The van der Waals surface area contributed by atoms with E-state index >= 15 is 0 Å². The Labute approximate surface area is 118 Å². The van der Waals surface area contributed by atoms with E-state index in [0.717, 1.165) is 22.3 Å². The van der Waals surface area contributed by atoms with Crippen LogP contribution in [0.15, 0.2) is 33.4 Å². The topological polar surface area (TPSA) is 55.1 Å². The average molecular weight is 325 g/mol. The van der Waals surface area contributed by atoms with Crippen LogP contribution < -0.4 is 11.1 Å². The minimum Gasteiger partial charge on any atom is -0.381 e. The van der Waals surface area contributed by atoms with E-state index in [9.17, 15) is 4.79 Å². The van der Waals surface area contributed by atoms with Gasteiger partial charge in [0.2, 0.25) is 5.91 Å². The summed E-state index contributed by atoms with van der Waals surface area (Å²) >= 11 is 5.16. The van der Waals surface area contributed by atoms with Crippen molar-refractivity contribution in [3.63, 3.8) is 0 Å². The predicted octanol–water partition coefficient (Wildman–Crippen LogP) is 3.53. The molecule has 0 fully saturated rings. The van der Waals surface area contributed by atoms with E-state index in [0.29, 0.717) is 5.56 Å². The molecular weight excluding hydrogens is 312 g/mol. The summed E-state index contributed by atoms with van der Waals surface area (Å²) < 4.78 is 1.12. The monoisotopic (exact) mass is 324 g/mol. The number of nitrogens with one attached hydrogen (secondary N) is 1. The Kier molecular flexibility index (Phi) is 4.04. The molecule has 5 heteroatoms. The number of hydrogen-bond donors (Lipinski definition) is 2. The number of halogens is 1. The molecular formula is C13H13BrN2OS. The fourth-order valence-corrected chi connectivity index (χ4v) is 3.08. The van der Waals surface area contributed by atoms with Gasteiger partial charge in [0.05, 0.1) is 0 Å². The van der Waals surface area contributed by atoms with Gasteiger partial charge in [0.25, 0.3) is 0 Å². The van der Waals surface area contributed by atoms with Gasteiger partial charge in [-0.3, -0.25) is 4.79 Å². The molecule has 18 heavy (non-hydrogen) atoms. The van der Waals surface area contributed by atoms with Gasteiger partial charge < -0.3 is 11.1 Å². The summed E-state index contributed by atoms with van der Waals surface area (Å²) in [7, 11) is 0. The fraction of sp³-hybridized carbons (Fsp3) is 0.154. The van der Waals surface area contributed by atoms with Gasteiger partial charge in [-0.15, -0.1) is 0 Å².